The Labute approximate surface area is 159 Å². The van der Waals surface area contributed by atoms with E-state index in [0.29, 0.717) is 5.76 Å². The van der Waals surface area contributed by atoms with Gasteiger partial charge in [-0.3, -0.25) is 9.48 Å². The van der Waals surface area contributed by atoms with Gasteiger partial charge in [0.15, 0.2) is 5.76 Å². The highest BCUT2D eigenvalue weighted by Gasteiger charge is 2.18. The van der Waals surface area contributed by atoms with Gasteiger partial charge in [0, 0.05) is 18.8 Å². The molecule has 142 valence electrons. The van der Waals surface area contributed by atoms with Crippen LogP contribution < -0.4 is 10.1 Å². The maximum absolute atomic E-state index is 12.5. The summed E-state index contributed by atoms with van der Waals surface area (Å²) in [6, 6.07) is 9.32. The summed E-state index contributed by atoms with van der Waals surface area (Å²) < 4.78 is 13.2. The lowest BCUT2D eigenvalue weighted by molar-refractivity contribution is 0.0907. The van der Waals surface area contributed by atoms with Crippen LogP contribution in [-0.2, 0) is 13.7 Å². The van der Waals surface area contributed by atoms with Crippen LogP contribution in [0, 0.1) is 20.8 Å². The van der Waals surface area contributed by atoms with E-state index in [0.717, 1.165) is 28.1 Å². The summed E-state index contributed by atoms with van der Waals surface area (Å²) in [4.78, 5) is 12.5. The number of furan rings is 1. The zero-order valence-corrected chi connectivity index (χ0v) is 16.4. The molecule has 0 aliphatic rings. The molecule has 2 aromatic heterocycles. The van der Waals surface area contributed by atoms with E-state index >= 15 is 0 Å². The molecule has 0 radical (unpaired) electrons. The van der Waals surface area contributed by atoms with Crippen LogP contribution in [0.25, 0.3) is 0 Å². The van der Waals surface area contributed by atoms with Crippen LogP contribution in [-0.4, -0.2) is 15.7 Å². The predicted molar refractivity (Wildman–Crippen MR) is 103 cm³/mol. The third-order valence-electron chi connectivity index (χ3n) is 4.46. The zero-order valence-electron chi connectivity index (χ0n) is 16.4. The van der Waals surface area contributed by atoms with Crippen molar-refractivity contribution in [3.05, 3.63) is 70.4 Å². The number of nitrogens with one attached hydrogen (secondary N) is 1. The summed E-state index contributed by atoms with van der Waals surface area (Å²) in [6.07, 6.45) is 1.91. The summed E-state index contributed by atoms with van der Waals surface area (Å²) in [7, 11) is 1.86. The van der Waals surface area contributed by atoms with Crippen molar-refractivity contribution in [2.24, 2.45) is 7.05 Å². The van der Waals surface area contributed by atoms with Crippen LogP contribution in [0.2, 0.25) is 0 Å². The molecule has 6 nitrogen and oxygen atoms in total. The number of carbonyl (C=O) groups excluding carboxylic acids is 1. The van der Waals surface area contributed by atoms with Crippen LogP contribution in [0.4, 0.5) is 0 Å². The first-order chi connectivity index (χ1) is 12.8. The second-order valence-corrected chi connectivity index (χ2v) is 6.86. The average Bonchev–Trinajstić information content (AvgIpc) is 3.22. The number of ether oxygens (including phenoxy) is 1. The van der Waals surface area contributed by atoms with E-state index in [1.54, 1.807) is 16.8 Å². The molecule has 3 rings (SSSR count). The first kappa shape index (κ1) is 18.8. The lowest BCUT2D eigenvalue weighted by Gasteiger charge is -2.12. The molecule has 0 saturated heterocycles. The molecule has 27 heavy (non-hydrogen) atoms. The van der Waals surface area contributed by atoms with Gasteiger partial charge in [-0.25, -0.2) is 0 Å². The van der Waals surface area contributed by atoms with Crippen LogP contribution in [0.1, 0.15) is 51.7 Å². The molecular weight excluding hydrogens is 342 g/mol. The SMILES string of the molecule is Cc1ccc(C)c(OCc2ccc(C(=O)NC(C)c3cn(C)nc3C)o2)c1. The van der Waals surface area contributed by atoms with E-state index in [9.17, 15) is 4.79 Å². The zero-order chi connectivity index (χ0) is 19.6. The summed E-state index contributed by atoms with van der Waals surface area (Å²) in [5.74, 6) is 1.43. The van der Waals surface area contributed by atoms with E-state index in [1.807, 2.05) is 59.1 Å². The lowest BCUT2D eigenvalue weighted by Crippen LogP contribution is -2.26. The molecule has 1 N–H and O–H groups in total. The van der Waals surface area contributed by atoms with E-state index in [-0.39, 0.29) is 24.3 Å². The van der Waals surface area contributed by atoms with Crippen molar-refractivity contribution >= 4 is 5.91 Å². The molecule has 0 spiro atoms. The van der Waals surface area contributed by atoms with Crippen molar-refractivity contribution in [3.63, 3.8) is 0 Å². The summed E-state index contributed by atoms with van der Waals surface area (Å²) in [6.45, 7) is 8.14. The Morgan fingerprint density at radius 2 is 2.04 bits per heavy atom. The van der Waals surface area contributed by atoms with E-state index in [4.69, 9.17) is 9.15 Å². The molecule has 0 bridgehead atoms. The highest BCUT2D eigenvalue weighted by Crippen LogP contribution is 2.21. The molecule has 1 amide bonds. The van der Waals surface area contributed by atoms with Gasteiger partial charge in [-0.05, 0) is 57.0 Å². The van der Waals surface area contributed by atoms with E-state index < -0.39 is 0 Å². The van der Waals surface area contributed by atoms with E-state index in [2.05, 4.69) is 10.4 Å². The van der Waals surface area contributed by atoms with Crippen LogP contribution in [0.15, 0.2) is 40.9 Å². The molecule has 0 aliphatic heterocycles. The van der Waals surface area contributed by atoms with Crippen molar-refractivity contribution in [1.29, 1.82) is 0 Å². The second-order valence-electron chi connectivity index (χ2n) is 6.86. The normalized spacial score (nSPS) is 12.0. The van der Waals surface area contributed by atoms with Gasteiger partial charge < -0.3 is 14.5 Å². The minimum Gasteiger partial charge on any atom is -0.485 e. The Morgan fingerprint density at radius 1 is 1.26 bits per heavy atom. The fourth-order valence-corrected chi connectivity index (χ4v) is 2.98. The molecule has 3 aromatic rings. The monoisotopic (exact) mass is 367 g/mol. The molecule has 2 heterocycles. The molecule has 0 saturated carbocycles. The molecule has 0 aliphatic carbocycles. The third kappa shape index (κ3) is 4.39. The number of hydrogen-bond donors (Lipinski definition) is 1. The maximum Gasteiger partial charge on any atom is 0.287 e. The quantitative estimate of drug-likeness (QED) is 0.715. The number of benzene rings is 1. The van der Waals surface area contributed by atoms with Gasteiger partial charge in [0.2, 0.25) is 0 Å². The van der Waals surface area contributed by atoms with Crippen molar-refractivity contribution < 1.29 is 13.9 Å². The summed E-state index contributed by atoms with van der Waals surface area (Å²) in [5.41, 5.74) is 4.07. The van der Waals surface area contributed by atoms with Crippen molar-refractivity contribution in [2.45, 2.75) is 40.3 Å². The predicted octanol–water partition coefficient (Wildman–Crippen LogP) is 4.01. The molecular formula is C21H25N3O3. The standard InChI is InChI=1S/C21H25N3O3/c1-13-6-7-14(2)20(10-13)26-12-17-8-9-19(27-17)21(25)22-15(3)18-11-24(5)23-16(18)4/h6-11,15H,12H2,1-5H3,(H,22,25). The highest BCUT2D eigenvalue weighted by molar-refractivity contribution is 5.91. The maximum atomic E-state index is 12.5. The Balaban J connectivity index is 1.62. The number of carbonyl (C=O) groups is 1. The third-order valence-corrected chi connectivity index (χ3v) is 4.46. The highest BCUT2D eigenvalue weighted by atomic mass is 16.5. The van der Waals surface area contributed by atoms with Crippen molar-refractivity contribution in [3.8, 4) is 5.75 Å². The summed E-state index contributed by atoms with van der Waals surface area (Å²) in [5, 5.41) is 7.25. The number of aryl methyl sites for hydroxylation is 4. The minimum absolute atomic E-state index is 0.161. The Hall–Kier alpha value is -3.02. The second kappa shape index (κ2) is 7.70. The van der Waals surface area contributed by atoms with Gasteiger partial charge >= 0.3 is 0 Å². The molecule has 0 fully saturated rings. The molecule has 1 unspecified atom stereocenters. The number of amides is 1. The average molecular weight is 367 g/mol. The molecule has 1 aromatic carbocycles. The largest absolute Gasteiger partial charge is 0.485 e. The molecule has 6 heteroatoms. The Bertz CT molecular complexity index is 955. The first-order valence-corrected chi connectivity index (χ1v) is 8.93. The van der Waals surface area contributed by atoms with Gasteiger partial charge in [0.25, 0.3) is 5.91 Å². The van der Waals surface area contributed by atoms with Gasteiger partial charge in [-0.2, -0.15) is 5.10 Å². The van der Waals surface area contributed by atoms with Gasteiger partial charge in [-0.15, -0.1) is 0 Å². The summed E-state index contributed by atoms with van der Waals surface area (Å²) >= 11 is 0. The van der Waals surface area contributed by atoms with Gasteiger partial charge in [0.1, 0.15) is 18.1 Å². The fourth-order valence-electron chi connectivity index (χ4n) is 2.98. The number of aromatic nitrogens is 2. The lowest BCUT2D eigenvalue weighted by atomic mass is 10.1. The first-order valence-electron chi connectivity index (χ1n) is 8.93. The Kier molecular flexibility index (Phi) is 5.35. The number of hydrogen-bond acceptors (Lipinski definition) is 4. The van der Waals surface area contributed by atoms with Crippen LogP contribution in [0.3, 0.4) is 0 Å². The minimum atomic E-state index is -0.260. The number of nitrogens with zero attached hydrogens (tertiary/aromatic N) is 2. The smallest absolute Gasteiger partial charge is 0.287 e. The van der Waals surface area contributed by atoms with E-state index in [1.165, 1.54) is 0 Å². The van der Waals surface area contributed by atoms with Gasteiger partial charge in [0.05, 0.1) is 11.7 Å². The van der Waals surface area contributed by atoms with Crippen molar-refractivity contribution in [1.82, 2.24) is 15.1 Å². The Morgan fingerprint density at radius 3 is 2.74 bits per heavy atom. The number of rotatable bonds is 6. The van der Waals surface area contributed by atoms with Crippen molar-refractivity contribution in [2.75, 3.05) is 0 Å². The topological polar surface area (TPSA) is 69.3 Å². The van der Waals surface area contributed by atoms with Crippen LogP contribution in [0.5, 0.6) is 5.75 Å². The fraction of sp³-hybridized carbons (Fsp3) is 0.333. The van der Waals surface area contributed by atoms with Crippen LogP contribution >= 0.6 is 0 Å². The molecule has 1 atom stereocenters. The van der Waals surface area contributed by atoms with Gasteiger partial charge in [-0.1, -0.05) is 12.1 Å².